The average molecular weight is 450 g/mol. The molecule has 0 unspecified atom stereocenters. The molecular formula is C19H25F3N2O5S. The number of nitrogens with zero attached hydrogens (tertiary/aromatic N) is 1. The molecule has 1 aliphatic rings. The summed E-state index contributed by atoms with van der Waals surface area (Å²) in [5.41, 5.74) is 0. The van der Waals surface area contributed by atoms with Crippen LogP contribution >= 0.6 is 0 Å². The molecule has 1 heterocycles. The minimum absolute atomic E-state index is 0.0428. The first kappa shape index (κ1) is 24.0. The number of amides is 1. The number of carbonyl (C=O) groups is 1. The molecule has 1 N–H and O–H groups in total. The highest BCUT2D eigenvalue weighted by Gasteiger charge is 2.32. The highest BCUT2D eigenvalue weighted by atomic mass is 32.2. The van der Waals surface area contributed by atoms with Gasteiger partial charge in [-0.15, -0.1) is 6.58 Å². The summed E-state index contributed by atoms with van der Waals surface area (Å²) >= 11 is 0. The van der Waals surface area contributed by atoms with E-state index in [-0.39, 0.29) is 24.4 Å². The highest BCUT2D eigenvalue weighted by Crippen LogP contribution is 2.32. The van der Waals surface area contributed by atoms with E-state index >= 15 is 0 Å². The molecule has 1 aromatic carbocycles. The summed E-state index contributed by atoms with van der Waals surface area (Å²) in [4.78, 5) is 12.7. The molecule has 0 aromatic heterocycles. The second-order valence-electron chi connectivity index (χ2n) is 6.69. The van der Waals surface area contributed by atoms with Crippen molar-refractivity contribution in [3.63, 3.8) is 0 Å². The van der Waals surface area contributed by atoms with E-state index in [0.29, 0.717) is 48.9 Å². The Labute approximate surface area is 173 Å². The number of benzene rings is 1. The number of hydrogen-bond donors (Lipinski definition) is 1. The summed E-state index contributed by atoms with van der Waals surface area (Å²) in [6.07, 6.45) is -1.98. The van der Waals surface area contributed by atoms with Crippen molar-refractivity contribution in [3.8, 4) is 11.5 Å². The van der Waals surface area contributed by atoms with Gasteiger partial charge in [-0.1, -0.05) is 12.5 Å². The number of hydrogen-bond acceptors (Lipinski definition) is 5. The van der Waals surface area contributed by atoms with E-state index in [4.69, 9.17) is 9.47 Å². The first-order valence-electron chi connectivity index (χ1n) is 9.47. The zero-order valence-corrected chi connectivity index (χ0v) is 17.2. The Hall–Kier alpha value is -2.27. The lowest BCUT2D eigenvalue weighted by Crippen LogP contribution is -2.38. The Morgan fingerprint density at radius 3 is 2.53 bits per heavy atom. The topological polar surface area (TPSA) is 84.9 Å². The van der Waals surface area contributed by atoms with E-state index in [2.05, 4.69) is 11.3 Å². The van der Waals surface area contributed by atoms with Crippen LogP contribution in [-0.4, -0.2) is 58.2 Å². The number of fused-ring (bicyclic) bond motifs is 1. The number of carbonyl (C=O) groups excluding carboxylic acids is 1. The molecule has 0 fully saturated rings. The smallest absolute Gasteiger partial charge is 0.406 e. The monoisotopic (exact) mass is 450 g/mol. The van der Waals surface area contributed by atoms with Gasteiger partial charge in [-0.05, 0) is 25.0 Å². The Bertz CT molecular complexity index is 843. The Morgan fingerprint density at radius 2 is 1.87 bits per heavy atom. The van der Waals surface area contributed by atoms with Crippen LogP contribution in [0.3, 0.4) is 0 Å². The lowest BCUT2D eigenvalue weighted by Gasteiger charge is -2.22. The molecule has 168 valence electrons. The van der Waals surface area contributed by atoms with E-state index in [9.17, 15) is 26.4 Å². The van der Waals surface area contributed by atoms with Crippen molar-refractivity contribution in [1.29, 1.82) is 0 Å². The fourth-order valence-corrected chi connectivity index (χ4v) is 3.93. The van der Waals surface area contributed by atoms with Gasteiger partial charge >= 0.3 is 6.18 Å². The van der Waals surface area contributed by atoms with Gasteiger partial charge in [0.1, 0.15) is 19.8 Å². The largest absolute Gasteiger partial charge is 0.486 e. The third-order valence-corrected chi connectivity index (χ3v) is 5.71. The van der Waals surface area contributed by atoms with Crippen molar-refractivity contribution in [2.75, 3.05) is 32.8 Å². The first-order chi connectivity index (χ1) is 14.1. The number of unbranched alkanes of at least 4 members (excludes halogenated alkanes) is 2. The van der Waals surface area contributed by atoms with Gasteiger partial charge in [0.05, 0.1) is 4.90 Å². The summed E-state index contributed by atoms with van der Waals surface area (Å²) in [5.74, 6) is 0.246. The maximum absolute atomic E-state index is 12.5. The standard InChI is InChI=1S/C19H25F3N2O5S/c1-2-10-24(14-19(20,21)22)18(25)6-4-3-5-9-23-30(26,27)15-7-8-16-17(13-15)29-12-11-28-16/h2,7-8,13,23H,1,3-6,9-12,14H2. The lowest BCUT2D eigenvalue weighted by molar-refractivity contribution is -0.160. The van der Waals surface area contributed by atoms with Crippen LogP contribution in [0.1, 0.15) is 25.7 Å². The zero-order valence-electron chi connectivity index (χ0n) is 16.4. The van der Waals surface area contributed by atoms with Crippen molar-refractivity contribution in [1.82, 2.24) is 9.62 Å². The summed E-state index contributed by atoms with van der Waals surface area (Å²) in [6.45, 7) is 2.77. The molecule has 2 rings (SSSR count). The molecule has 1 aliphatic heterocycles. The second-order valence-corrected chi connectivity index (χ2v) is 8.46. The van der Waals surface area contributed by atoms with Gasteiger partial charge in [0.25, 0.3) is 0 Å². The second kappa shape index (κ2) is 10.7. The van der Waals surface area contributed by atoms with Crippen molar-refractivity contribution >= 4 is 15.9 Å². The maximum Gasteiger partial charge on any atom is 0.406 e. The predicted octanol–water partition coefficient (Wildman–Crippen LogP) is 2.87. The van der Waals surface area contributed by atoms with Crippen LogP contribution in [0, 0.1) is 0 Å². The van der Waals surface area contributed by atoms with Crippen molar-refractivity contribution < 1.29 is 35.9 Å². The number of ether oxygens (including phenoxy) is 2. The minimum atomic E-state index is -4.47. The Morgan fingerprint density at radius 1 is 1.17 bits per heavy atom. The normalized spacial score (nSPS) is 13.7. The van der Waals surface area contributed by atoms with Crippen LogP contribution in [0.15, 0.2) is 35.7 Å². The quantitative estimate of drug-likeness (QED) is 0.414. The van der Waals surface area contributed by atoms with Crippen LogP contribution in [0.2, 0.25) is 0 Å². The number of alkyl halides is 3. The number of nitrogens with one attached hydrogen (secondary N) is 1. The van der Waals surface area contributed by atoms with E-state index in [1.807, 2.05) is 0 Å². The van der Waals surface area contributed by atoms with E-state index in [1.54, 1.807) is 0 Å². The van der Waals surface area contributed by atoms with Crippen LogP contribution in [0.5, 0.6) is 11.5 Å². The summed E-state index contributed by atoms with van der Waals surface area (Å²) in [6, 6.07) is 4.35. The number of sulfonamides is 1. The van der Waals surface area contributed by atoms with Gasteiger partial charge in [0, 0.05) is 25.6 Å². The third kappa shape index (κ3) is 7.52. The molecule has 1 aromatic rings. The number of halogens is 3. The van der Waals surface area contributed by atoms with E-state index in [0.717, 1.165) is 0 Å². The van der Waals surface area contributed by atoms with E-state index in [1.165, 1.54) is 24.3 Å². The molecule has 30 heavy (non-hydrogen) atoms. The van der Waals surface area contributed by atoms with Crippen LogP contribution < -0.4 is 14.2 Å². The Kier molecular flexibility index (Phi) is 8.54. The predicted molar refractivity (Wildman–Crippen MR) is 104 cm³/mol. The van der Waals surface area contributed by atoms with Gasteiger partial charge in [-0.25, -0.2) is 13.1 Å². The molecule has 0 atom stereocenters. The summed E-state index contributed by atoms with van der Waals surface area (Å²) < 4.78 is 75.5. The third-order valence-electron chi connectivity index (χ3n) is 4.26. The van der Waals surface area contributed by atoms with Gasteiger partial charge < -0.3 is 14.4 Å². The maximum atomic E-state index is 12.5. The molecule has 1 amide bonds. The van der Waals surface area contributed by atoms with Crippen LogP contribution in [0.25, 0.3) is 0 Å². The van der Waals surface area contributed by atoms with Crippen LogP contribution in [0.4, 0.5) is 13.2 Å². The van der Waals surface area contributed by atoms with Crippen molar-refractivity contribution in [2.45, 2.75) is 36.8 Å². The van der Waals surface area contributed by atoms with Crippen LogP contribution in [-0.2, 0) is 14.8 Å². The van der Waals surface area contributed by atoms with Gasteiger partial charge in [-0.3, -0.25) is 4.79 Å². The molecule has 0 saturated carbocycles. The van der Waals surface area contributed by atoms with Crippen molar-refractivity contribution in [3.05, 3.63) is 30.9 Å². The highest BCUT2D eigenvalue weighted by molar-refractivity contribution is 7.89. The van der Waals surface area contributed by atoms with Gasteiger partial charge in [0.2, 0.25) is 15.9 Å². The zero-order chi connectivity index (χ0) is 22.2. The molecular weight excluding hydrogens is 425 g/mol. The molecule has 11 heteroatoms. The SMILES string of the molecule is C=CCN(CC(F)(F)F)C(=O)CCCCCNS(=O)(=O)c1ccc2c(c1)OCCO2. The fraction of sp³-hybridized carbons (Fsp3) is 0.526. The average Bonchev–Trinajstić information content (AvgIpc) is 2.68. The lowest BCUT2D eigenvalue weighted by atomic mass is 10.2. The van der Waals surface area contributed by atoms with Crippen molar-refractivity contribution in [2.24, 2.45) is 0 Å². The molecule has 0 radical (unpaired) electrons. The molecule has 0 bridgehead atoms. The van der Waals surface area contributed by atoms with Gasteiger partial charge in [-0.2, -0.15) is 13.2 Å². The molecule has 0 aliphatic carbocycles. The first-order valence-corrected chi connectivity index (χ1v) is 11.0. The molecule has 7 nitrogen and oxygen atoms in total. The molecule has 0 spiro atoms. The summed E-state index contributed by atoms with van der Waals surface area (Å²) in [5, 5.41) is 0. The van der Waals surface area contributed by atoms with E-state index < -0.39 is 28.7 Å². The Balaban J connectivity index is 1.74. The minimum Gasteiger partial charge on any atom is -0.486 e. The number of rotatable bonds is 11. The molecule has 0 saturated heterocycles. The fourth-order valence-electron chi connectivity index (χ4n) is 2.84. The van der Waals surface area contributed by atoms with Gasteiger partial charge in [0.15, 0.2) is 11.5 Å². The summed E-state index contributed by atoms with van der Waals surface area (Å²) in [7, 11) is -3.74.